The molecule has 2 heteroatoms. The molecule has 3 rings (SSSR count). The highest BCUT2D eigenvalue weighted by Crippen LogP contribution is 2.22. The number of rotatable bonds is 3. The Morgan fingerprint density at radius 3 is 2.29 bits per heavy atom. The van der Waals surface area contributed by atoms with E-state index in [0.717, 1.165) is 13.1 Å². The second-order valence-electron chi connectivity index (χ2n) is 6.04. The van der Waals surface area contributed by atoms with Crippen molar-refractivity contribution in [1.29, 1.82) is 0 Å². The van der Waals surface area contributed by atoms with Crippen LogP contribution in [-0.2, 0) is 0 Å². The Bertz CT molecular complexity index is 584. The predicted molar refractivity (Wildman–Crippen MR) is 91.2 cm³/mol. The third-order valence-corrected chi connectivity index (χ3v) is 4.49. The largest absolute Gasteiger partial charge is 0.382 e. The Balaban J connectivity index is 1.57. The third kappa shape index (κ3) is 3.38. The maximum absolute atomic E-state index is 3.69. The van der Waals surface area contributed by atoms with E-state index < -0.39 is 0 Å². The summed E-state index contributed by atoms with van der Waals surface area (Å²) in [7, 11) is 0. The van der Waals surface area contributed by atoms with Gasteiger partial charge in [-0.15, -0.1) is 0 Å². The van der Waals surface area contributed by atoms with Crippen LogP contribution in [0.4, 0.5) is 11.4 Å². The number of benzene rings is 2. The summed E-state index contributed by atoms with van der Waals surface area (Å²) < 4.78 is 0. The summed E-state index contributed by atoms with van der Waals surface area (Å²) in [4.78, 5) is 2.48. The minimum atomic E-state index is 0.590. The van der Waals surface area contributed by atoms with E-state index in [2.05, 4.69) is 72.6 Å². The molecule has 1 heterocycles. The van der Waals surface area contributed by atoms with Gasteiger partial charge in [0.2, 0.25) is 0 Å². The molecule has 2 nitrogen and oxygen atoms in total. The van der Waals surface area contributed by atoms with Gasteiger partial charge in [-0.05, 0) is 62.1 Å². The van der Waals surface area contributed by atoms with E-state index in [9.17, 15) is 0 Å². The minimum absolute atomic E-state index is 0.590. The standard InChI is InChI=1S/C19H24N2/c1-15-8-9-18(14-16(15)2)20-17-10-12-21(13-11-17)19-6-4-3-5-7-19/h3-9,14,17,20H,10-13H2,1-2H3. The van der Waals surface area contributed by atoms with Crippen LogP contribution in [0.1, 0.15) is 24.0 Å². The molecule has 21 heavy (non-hydrogen) atoms. The molecule has 0 bridgehead atoms. The van der Waals surface area contributed by atoms with Gasteiger partial charge >= 0.3 is 0 Å². The van der Waals surface area contributed by atoms with Crippen molar-refractivity contribution in [3.63, 3.8) is 0 Å². The first-order chi connectivity index (χ1) is 10.2. The molecule has 110 valence electrons. The van der Waals surface area contributed by atoms with Gasteiger partial charge in [0.1, 0.15) is 0 Å². The molecule has 1 saturated heterocycles. The van der Waals surface area contributed by atoms with Crippen molar-refractivity contribution < 1.29 is 0 Å². The zero-order chi connectivity index (χ0) is 14.7. The monoisotopic (exact) mass is 280 g/mol. The van der Waals surface area contributed by atoms with Crippen molar-refractivity contribution in [3.05, 3.63) is 59.7 Å². The maximum Gasteiger partial charge on any atom is 0.0366 e. The molecule has 2 aromatic rings. The van der Waals surface area contributed by atoms with Gasteiger partial charge < -0.3 is 10.2 Å². The molecule has 2 aromatic carbocycles. The first kappa shape index (κ1) is 14.0. The highest BCUT2D eigenvalue weighted by Gasteiger charge is 2.19. The number of aryl methyl sites for hydroxylation is 2. The number of hydrogen-bond donors (Lipinski definition) is 1. The van der Waals surface area contributed by atoms with Crippen LogP contribution >= 0.6 is 0 Å². The fourth-order valence-corrected chi connectivity index (χ4v) is 2.99. The smallest absolute Gasteiger partial charge is 0.0366 e. The topological polar surface area (TPSA) is 15.3 Å². The number of nitrogens with one attached hydrogen (secondary N) is 1. The zero-order valence-corrected chi connectivity index (χ0v) is 13.0. The van der Waals surface area contributed by atoms with E-state index in [0.29, 0.717) is 6.04 Å². The van der Waals surface area contributed by atoms with E-state index in [1.54, 1.807) is 0 Å². The molecule has 0 amide bonds. The van der Waals surface area contributed by atoms with Crippen LogP contribution in [-0.4, -0.2) is 19.1 Å². The SMILES string of the molecule is Cc1ccc(NC2CCN(c3ccccc3)CC2)cc1C. The first-order valence-corrected chi connectivity index (χ1v) is 7.86. The molecule has 1 aliphatic rings. The van der Waals surface area contributed by atoms with Gasteiger partial charge in [0.15, 0.2) is 0 Å². The number of hydrogen-bond acceptors (Lipinski definition) is 2. The Labute approximate surface area is 127 Å². The molecule has 0 aromatic heterocycles. The number of para-hydroxylation sites is 1. The van der Waals surface area contributed by atoms with Crippen LogP contribution in [0.25, 0.3) is 0 Å². The average molecular weight is 280 g/mol. The molecule has 0 unspecified atom stereocenters. The molecule has 0 radical (unpaired) electrons. The second kappa shape index (κ2) is 6.21. The molecule has 1 fully saturated rings. The highest BCUT2D eigenvalue weighted by molar-refractivity contribution is 5.50. The van der Waals surface area contributed by atoms with Gasteiger partial charge in [-0.2, -0.15) is 0 Å². The van der Waals surface area contributed by atoms with Gasteiger partial charge in [0.05, 0.1) is 0 Å². The number of anilines is 2. The van der Waals surface area contributed by atoms with E-state index in [4.69, 9.17) is 0 Å². The summed E-state index contributed by atoms with van der Waals surface area (Å²) in [6, 6.07) is 18.0. The Morgan fingerprint density at radius 2 is 1.62 bits per heavy atom. The lowest BCUT2D eigenvalue weighted by Gasteiger charge is -2.34. The summed E-state index contributed by atoms with van der Waals surface area (Å²) in [5.74, 6) is 0. The fraction of sp³-hybridized carbons (Fsp3) is 0.368. The van der Waals surface area contributed by atoms with Crippen molar-refractivity contribution in [3.8, 4) is 0 Å². The first-order valence-electron chi connectivity index (χ1n) is 7.86. The molecule has 0 atom stereocenters. The van der Waals surface area contributed by atoms with Gasteiger partial charge in [-0.1, -0.05) is 24.3 Å². The van der Waals surface area contributed by atoms with Crippen LogP contribution in [0.3, 0.4) is 0 Å². The quantitative estimate of drug-likeness (QED) is 0.897. The Hall–Kier alpha value is -1.96. The average Bonchev–Trinajstić information content (AvgIpc) is 2.53. The molecule has 1 aliphatic heterocycles. The van der Waals surface area contributed by atoms with E-state index in [1.807, 2.05) is 0 Å². The second-order valence-corrected chi connectivity index (χ2v) is 6.04. The van der Waals surface area contributed by atoms with Crippen LogP contribution < -0.4 is 10.2 Å². The van der Waals surface area contributed by atoms with Crippen molar-refractivity contribution in [2.24, 2.45) is 0 Å². The van der Waals surface area contributed by atoms with E-state index in [1.165, 1.54) is 35.3 Å². The minimum Gasteiger partial charge on any atom is -0.382 e. The molecule has 1 N–H and O–H groups in total. The summed E-state index contributed by atoms with van der Waals surface area (Å²) in [6.45, 7) is 6.61. The lowest BCUT2D eigenvalue weighted by Crippen LogP contribution is -2.39. The van der Waals surface area contributed by atoms with Crippen molar-refractivity contribution >= 4 is 11.4 Å². The Morgan fingerprint density at radius 1 is 0.905 bits per heavy atom. The third-order valence-electron chi connectivity index (χ3n) is 4.49. The van der Waals surface area contributed by atoms with Gasteiger partial charge in [-0.25, -0.2) is 0 Å². The van der Waals surface area contributed by atoms with E-state index in [-0.39, 0.29) is 0 Å². The van der Waals surface area contributed by atoms with Gasteiger partial charge in [-0.3, -0.25) is 0 Å². The van der Waals surface area contributed by atoms with E-state index >= 15 is 0 Å². The van der Waals surface area contributed by atoms with Crippen molar-refractivity contribution in [2.75, 3.05) is 23.3 Å². The number of nitrogens with zero attached hydrogens (tertiary/aromatic N) is 1. The maximum atomic E-state index is 3.69. The van der Waals surface area contributed by atoms with Crippen LogP contribution in [0, 0.1) is 13.8 Å². The van der Waals surface area contributed by atoms with Crippen LogP contribution in [0.15, 0.2) is 48.5 Å². The van der Waals surface area contributed by atoms with Gasteiger partial charge in [0, 0.05) is 30.5 Å². The molecule has 0 saturated carbocycles. The molecule has 0 spiro atoms. The lowest BCUT2D eigenvalue weighted by atomic mass is 10.0. The number of piperidine rings is 1. The lowest BCUT2D eigenvalue weighted by molar-refractivity contribution is 0.527. The molecular weight excluding hydrogens is 256 g/mol. The van der Waals surface area contributed by atoms with Crippen LogP contribution in [0.5, 0.6) is 0 Å². The zero-order valence-electron chi connectivity index (χ0n) is 13.0. The predicted octanol–water partition coefficient (Wildman–Crippen LogP) is 4.38. The normalized spacial score (nSPS) is 16.0. The molecular formula is C19H24N2. The van der Waals surface area contributed by atoms with Crippen LogP contribution in [0.2, 0.25) is 0 Å². The summed E-state index contributed by atoms with van der Waals surface area (Å²) in [6.07, 6.45) is 2.39. The molecule has 0 aliphatic carbocycles. The van der Waals surface area contributed by atoms with Crippen molar-refractivity contribution in [1.82, 2.24) is 0 Å². The van der Waals surface area contributed by atoms with Crippen molar-refractivity contribution in [2.45, 2.75) is 32.7 Å². The Kier molecular flexibility index (Phi) is 4.14. The highest BCUT2D eigenvalue weighted by atomic mass is 15.1. The summed E-state index contributed by atoms with van der Waals surface area (Å²) >= 11 is 0. The summed E-state index contributed by atoms with van der Waals surface area (Å²) in [5, 5.41) is 3.69. The van der Waals surface area contributed by atoms with Gasteiger partial charge in [0.25, 0.3) is 0 Å². The summed E-state index contributed by atoms with van der Waals surface area (Å²) in [5.41, 5.74) is 5.33. The fourth-order valence-electron chi connectivity index (χ4n) is 2.99.